The number of rotatable bonds is 2. The SMILES string of the molecule is Cc1ccc(-c2ccc3c(N)c(C(N)=O)sc3n2)cc1. The first-order valence-corrected chi connectivity index (χ1v) is 6.94. The van der Waals surface area contributed by atoms with Crippen LogP contribution in [0.1, 0.15) is 15.2 Å². The molecule has 4 nitrogen and oxygen atoms in total. The second-order valence-electron chi connectivity index (χ2n) is 4.62. The molecular weight excluding hydrogens is 270 g/mol. The molecule has 20 heavy (non-hydrogen) atoms. The number of hydrogen-bond acceptors (Lipinski definition) is 4. The minimum Gasteiger partial charge on any atom is -0.397 e. The summed E-state index contributed by atoms with van der Waals surface area (Å²) in [6, 6.07) is 11.9. The van der Waals surface area contributed by atoms with Crippen molar-refractivity contribution >= 4 is 33.1 Å². The molecule has 5 heteroatoms. The molecule has 0 radical (unpaired) electrons. The number of anilines is 1. The average molecular weight is 283 g/mol. The highest BCUT2D eigenvalue weighted by atomic mass is 32.1. The van der Waals surface area contributed by atoms with Crippen molar-refractivity contribution in [3.05, 3.63) is 46.8 Å². The van der Waals surface area contributed by atoms with Crippen LogP contribution in [0, 0.1) is 6.92 Å². The van der Waals surface area contributed by atoms with Gasteiger partial charge in [0.15, 0.2) is 0 Å². The lowest BCUT2D eigenvalue weighted by Crippen LogP contribution is -2.10. The number of carbonyl (C=O) groups is 1. The van der Waals surface area contributed by atoms with Crippen molar-refractivity contribution in [3.63, 3.8) is 0 Å². The summed E-state index contributed by atoms with van der Waals surface area (Å²) in [5.41, 5.74) is 14.7. The minimum absolute atomic E-state index is 0.369. The summed E-state index contributed by atoms with van der Waals surface area (Å²) in [7, 11) is 0. The molecule has 2 aromatic heterocycles. The highest BCUT2D eigenvalue weighted by molar-refractivity contribution is 7.21. The fraction of sp³-hybridized carbons (Fsp3) is 0.0667. The van der Waals surface area contributed by atoms with Crippen LogP contribution >= 0.6 is 11.3 Å². The van der Waals surface area contributed by atoms with Gasteiger partial charge in [0, 0.05) is 10.9 Å². The van der Waals surface area contributed by atoms with Gasteiger partial charge >= 0.3 is 0 Å². The van der Waals surface area contributed by atoms with Crippen molar-refractivity contribution < 1.29 is 4.79 Å². The molecule has 0 unspecified atom stereocenters. The van der Waals surface area contributed by atoms with Crippen LogP contribution in [0.15, 0.2) is 36.4 Å². The van der Waals surface area contributed by atoms with E-state index in [0.717, 1.165) is 21.5 Å². The number of amides is 1. The van der Waals surface area contributed by atoms with Gasteiger partial charge in [0.1, 0.15) is 9.71 Å². The van der Waals surface area contributed by atoms with E-state index in [0.29, 0.717) is 10.6 Å². The average Bonchev–Trinajstić information content (AvgIpc) is 2.77. The van der Waals surface area contributed by atoms with Crippen molar-refractivity contribution in [2.45, 2.75) is 6.92 Å². The van der Waals surface area contributed by atoms with Crippen molar-refractivity contribution in [1.82, 2.24) is 4.98 Å². The smallest absolute Gasteiger partial charge is 0.260 e. The third-order valence-corrected chi connectivity index (χ3v) is 4.29. The number of pyridine rings is 1. The van der Waals surface area contributed by atoms with Gasteiger partial charge in [-0.05, 0) is 19.1 Å². The van der Waals surface area contributed by atoms with Gasteiger partial charge in [0.25, 0.3) is 5.91 Å². The molecule has 0 bridgehead atoms. The topological polar surface area (TPSA) is 82.0 Å². The van der Waals surface area contributed by atoms with Crippen LogP contribution in [0.3, 0.4) is 0 Å². The van der Waals surface area contributed by atoms with E-state index in [9.17, 15) is 4.79 Å². The maximum absolute atomic E-state index is 11.3. The van der Waals surface area contributed by atoms with Crippen LogP contribution in [-0.2, 0) is 0 Å². The summed E-state index contributed by atoms with van der Waals surface area (Å²) in [4.78, 5) is 17.0. The molecule has 0 aliphatic rings. The van der Waals surface area contributed by atoms with E-state index >= 15 is 0 Å². The molecule has 100 valence electrons. The Hall–Kier alpha value is -2.40. The molecule has 0 fully saturated rings. The Labute approximate surface area is 120 Å². The third-order valence-electron chi connectivity index (χ3n) is 3.16. The maximum Gasteiger partial charge on any atom is 0.260 e. The summed E-state index contributed by atoms with van der Waals surface area (Å²) in [6.07, 6.45) is 0. The van der Waals surface area contributed by atoms with Gasteiger partial charge < -0.3 is 11.5 Å². The standard InChI is InChI=1S/C15H13N3OS/c1-8-2-4-9(5-3-8)11-7-6-10-12(16)13(14(17)19)20-15(10)18-11/h2-7H,16H2,1H3,(H2,17,19). The Morgan fingerprint density at radius 1 is 1.15 bits per heavy atom. The predicted molar refractivity (Wildman–Crippen MR) is 82.7 cm³/mol. The van der Waals surface area contributed by atoms with Gasteiger partial charge in [-0.25, -0.2) is 4.98 Å². The first kappa shape index (κ1) is 12.6. The number of carbonyl (C=O) groups excluding carboxylic acids is 1. The van der Waals surface area contributed by atoms with Crippen molar-refractivity contribution in [1.29, 1.82) is 0 Å². The first-order chi connectivity index (χ1) is 9.56. The number of nitrogens with two attached hydrogens (primary N) is 2. The zero-order chi connectivity index (χ0) is 14.3. The van der Waals surface area contributed by atoms with E-state index in [2.05, 4.69) is 4.98 Å². The molecule has 0 saturated heterocycles. The van der Waals surface area contributed by atoms with E-state index < -0.39 is 5.91 Å². The van der Waals surface area contributed by atoms with E-state index in [1.165, 1.54) is 16.9 Å². The Bertz CT molecular complexity index is 806. The van der Waals surface area contributed by atoms with Crippen LogP contribution in [0.2, 0.25) is 0 Å². The van der Waals surface area contributed by atoms with Crippen molar-refractivity contribution in [2.24, 2.45) is 5.73 Å². The fourth-order valence-electron chi connectivity index (χ4n) is 2.07. The van der Waals surface area contributed by atoms with Crippen LogP contribution in [0.25, 0.3) is 21.5 Å². The summed E-state index contributed by atoms with van der Waals surface area (Å²) in [6.45, 7) is 2.04. The summed E-state index contributed by atoms with van der Waals surface area (Å²) < 4.78 is 0. The number of nitrogens with zero attached hydrogens (tertiary/aromatic N) is 1. The van der Waals surface area contributed by atoms with Gasteiger partial charge in [-0.15, -0.1) is 11.3 Å². The zero-order valence-corrected chi connectivity index (χ0v) is 11.7. The lowest BCUT2D eigenvalue weighted by molar-refractivity contribution is 0.100. The van der Waals surface area contributed by atoms with E-state index in [-0.39, 0.29) is 0 Å². The van der Waals surface area contributed by atoms with Gasteiger partial charge in [0.2, 0.25) is 0 Å². The van der Waals surface area contributed by atoms with Gasteiger partial charge in [-0.2, -0.15) is 0 Å². The largest absolute Gasteiger partial charge is 0.397 e. The zero-order valence-electron chi connectivity index (χ0n) is 10.9. The molecule has 1 amide bonds. The number of aryl methyl sites for hydroxylation is 1. The number of fused-ring (bicyclic) bond motifs is 1. The Morgan fingerprint density at radius 3 is 2.50 bits per heavy atom. The Morgan fingerprint density at radius 2 is 1.85 bits per heavy atom. The number of benzene rings is 1. The highest BCUT2D eigenvalue weighted by Crippen LogP contribution is 2.33. The van der Waals surface area contributed by atoms with E-state index in [1.807, 2.05) is 43.3 Å². The third kappa shape index (κ3) is 2.02. The van der Waals surface area contributed by atoms with Crippen LogP contribution in [0.4, 0.5) is 5.69 Å². The quantitative estimate of drug-likeness (QED) is 0.758. The molecular formula is C15H13N3OS. The van der Waals surface area contributed by atoms with Crippen LogP contribution in [-0.4, -0.2) is 10.9 Å². The lowest BCUT2D eigenvalue weighted by atomic mass is 10.1. The molecule has 0 saturated carbocycles. The monoisotopic (exact) mass is 283 g/mol. The Kier molecular flexibility index (Phi) is 2.91. The fourth-order valence-corrected chi connectivity index (χ4v) is 3.01. The second kappa shape index (κ2) is 4.61. The number of primary amides is 1. The first-order valence-electron chi connectivity index (χ1n) is 6.12. The molecule has 0 aliphatic heterocycles. The molecule has 3 aromatic rings. The Balaban J connectivity index is 2.15. The summed E-state index contributed by atoms with van der Waals surface area (Å²) >= 11 is 1.23. The molecule has 2 heterocycles. The maximum atomic E-state index is 11.3. The van der Waals surface area contributed by atoms with Gasteiger partial charge in [0.05, 0.1) is 11.4 Å². The molecule has 0 aliphatic carbocycles. The van der Waals surface area contributed by atoms with Crippen molar-refractivity contribution in [3.8, 4) is 11.3 Å². The number of hydrogen-bond donors (Lipinski definition) is 2. The molecule has 0 spiro atoms. The van der Waals surface area contributed by atoms with Crippen molar-refractivity contribution in [2.75, 3.05) is 5.73 Å². The van der Waals surface area contributed by atoms with Crippen LogP contribution in [0.5, 0.6) is 0 Å². The normalized spacial score (nSPS) is 10.8. The van der Waals surface area contributed by atoms with E-state index in [1.54, 1.807) is 0 Å². The molecule has 4 N–H and O–H groups in total. The number of nitrogen functional groups attached to an aromatic ring is 1. The summed E-state index contributed by atoms with van der Waals surface area (Å²) in [5.74, 6) is -0.512. The molecule has 1 aromatic carbocycles. The number of aromatic nitrogens is 1. The van der Waals surface area contributed by atoms with Crippen LogP contribution < -0.4 is 11.5 Å². The molecule has 3 rings (SSSR count). The second-order valence-corrected chi connectivity index (χ2v) is 5.62. The lowest BCUT2D eigenvalue weighted by Gasteiger charge is -2.01. The number of thiophene rings is 1. The van der Waals surface area contributed by atoms with Gasteiger partial charge in [-0.3, -0.25) is 4.79 Å². The van der Waals surface area contributed by atoms with Gasteiger partial charge in [-0.1, -0.05) is 29.8 Å². The summed E-state index contributed by atoms with van der Waals surface area (Å²) in [5, 5.41) is 0.777. The minimum atomic E-state index is -0.512. The predicted octanol–water partition coefficient (Wildman–Crippen LogP) is 2.95. The highest BCUT2D eigenvalue weighted by Gasteiger charge is 2.15. The van der Waals surface area contributed by atoms with E-state index in [4.69, 9.17) is 11.5 Å². The molecule has 0 atom stereocenters.